The molecular weight excluding hydrogens is 592 g/mol. The van der Waals surface area contributed by atoms with E-state index in [0.717, 1.165) is 61.7 Å². The van der Waals surface area contributed by atoms with Crippen LogP contribution in [-0.2, 0) is 21.5 Å². The highest BCUT2D eigenvalue weighted by Crippen LogP contribution is 2.46. The number of nitrogens with one attached hydrogen (secondary N) is 1. The van der Waals surface area contributed by atoms with E-state index < -0.39 is 15.8 Å². The smallest absolute Gasteiger partial charge is 0.262 e. The van der Waals surface area contributed by atoms with Gasteiger partial charge in [-0.15, -0.1) is 0 Å². The third-order valence-electron chi connectivity index (χ3n) is 10.6. The van der Waals surface area contributed by atoms with Crippen molar-refractivity contribution in [3.05, 3.63) is 70.3 Å². The third-order valence-corrected chi connectivity index (χ3v) is 13.0. The Balaban J connectivity index is 1.42. The number of nitrogens with zero attached hydrogens (tertiary/aromatic N) is 1. The van der Waals surface area contributed by atoms with Crippen molar-refractivity contribution in [1.29, 1.82) is 0 Å². The highest BCUT2D eigenvalue weighted by Gasteiger charge is 2.44. The first-order valence-corrected chi connectivity index (χ1v) is 18.5. The number of allylic oxidation sites excluding steroid dienone is 1. The second-order valence-corrected chi connectivity index (χ2v) is 16.9. The quantitative estimate of drug-likeness (QED) is 0.287. The molecule has 1 spiro atoms. The Morgan fingerprint density at radius 2 is 2.05 bits per heavy atom. The van der Waals surface area contributed by atoms with E-state index in [1.165, 1.54) is 11.1 Å². The van der Waals surface area contributed by atoms with Crippen LogP contribution < -0.4 is 14.4 Å². The number of amides is 1. The molecule has 2 heterocycles. The number of aliphatic hydroxyl groups excluding tert-OH is 1. The fourth-order valence-electron chi connectivity index (χ4n) is 8.06. The van der Waals surface area contributed by atoms with Gasteiger partial charge < -0.3 is 14.7 Å². The Labute approximate surface area is 268 Å². The van der Waals surface area contributed by atoms with Gasteiger partial charge in [-0.1, -0.05) is 50.6 Å². The summed E-state index contributed by atoms with van der Waals surface area (Å²) in [5.74, 6) is 5.28. The van der Waals surface area contributed by atoms with Crippen molar-refractivity contribution in [2.75, 3.05) is 24.6 Å². The summed E-state index contributed by atoms with van der Waals surface area (Å²) in [6.45, 7) is 8.33. The van der Waals surface area contributed by atoms with Crippen LogP contribution in [0, 0.1) is 23.7 Å². The molecule has 7 atom stereocenters. The largest absolute Gasteiger partial charge is 0.490 e. The minimum Gasteiger partial charge on any atom is -0.490 e. The first-order valence-electron chi connectivity index (χ1n) is 16.3. The second kappa shape index (κ2) is 12.4. The van der Waals surface area contributed by atoms with Crippen LogP contribution >= 0.6 is 11.6 Å². The number of hydrogen-bond acceptors (Lipinski definition) is 5. The van der Waals surface area contributed by atoms with E-state index in [9.17, 15) is 14.1 Å². The van der Waals surface area contributed by atoms with Gasteiger partial charge in [0, 0.05) is 34.3 Å². The molecule has 1 unspecified atom stereocenters. The van der Waals surface area contributed by atoms with Gasteiger partial charge >= 0.3 is 0 Å². The van der Waals surface area contributed by atoms with Crippen molar-refractivity contribution in [2.24, 2.45) is 23.7 Å². The van der Waals surface area contributed by atoms with Crippen LogP contribution in [0.2, 0.25) is 5.02 Å². The minimum absolute atomic E-state index is 0.0246. The number of rotatable bonds is 2. The molecule has 0 aromatic heterocycles. The maximum absolute atomic E-state index is 14.1. The maximum Gasteiger partial charge on any atom is 0.262 e. The molecule has 0 saturated heterocycles. The number of aliphatic hydroxyl groups is 1. The zero-order valence-electron chi connectivity index (χ0n) is 26.3. The van der Waals surface area contributed by atoms with Crippen LogP contribution in [-0.4, -0.2) is 52.1 Å². The second-order valence-electron chi connectivity index (χ2n) is 14.2. The summed E-state index contributed by atoms with van der Waals surface area (Å²) in [6.07, 6.45) is 9.90. The van der Waals surface area contributed by atoms with Crippen LogP contribution in [0.5, 0.6) is 5.75 Å². The van der Waals surface area contributed by atoms with Gasteiger partial charge in [0.25, 0.3) is 5.91 Å². The fourth-order valence-corrected chi connectivity index (χ4v) is 10.4. The van der Waals surface area contributed by atoms with E-state index in [-0.39, 0.29) is 28.4 Å². The molecule has 44 heavy (non-hydrogen) atoms. The zero-order chi connectivity index (χ0) is 31.2. The minimum atomic E-state index is -2.97. The maximum atomic E-state index is 14.1. The lowest BCUT2D eigenvalue weighted by Crippen LogP contribution is -2.49. The SMILES string of the molecule is C=S1(=O)NC(=O)c2ccc3c(c2)N(C[C@@H]2CC[C@H]2[C@@H](O)/C=C/C[C@@H](C)[C@@H]1CC(C)C)C[C@@]1(CCCc2cc(Cl)ccc21)CO3. The standard InChI is InChI=1S/C36H47ClN2O4S/c1-23(2)17-34-24(3)7-5-9-32(40)29-13-10-27(29)20-39-21-36(16-6-8-25-18-28(37)12-14-30(25)36)22-43-33-15-11-26(19-31(33)39)35(41)38-44(34,4)42/h5,9,11-12,14-15,18-19,23-24,27,29,32,34,40H,4,6-8,10,13,16-17,20-22H2,1-3H3,(H,38,41,42)/b9-5+/t24-,27+,29-,32+,34+,36+,44?/m1/s1. The van der Waals surface area contributed by atoms with E-state index in [1.807, 2.05) is 30.4 Å². The number of halogens is 1. The topological polar surface area (TPSA) is 78.9 Å². The van der Waals surface area contributed by atoms with Crippen molar-refractivity contribution in [2.45, 2.75) is 82.5 Å². The number of carbonyl (C=O) groups is 1. The van der Waals surface area contributed by atoms with Crippen LogP contribution in [0.4, 0.5) is 5.69 Å². The number of ether oxygens (including phenoxy) is 1. The Hall–Kier alpha value is -2.48. The number of fused-ring (bicyclic) bond motifs is 4. The highest BCUT2D eigenvalue weighted by atomic mass is 35.5. The Kier molecular flexibility index (Phi) is 8.86. The first kappa shape index (κ1) is 31.5. The molecular formula is C36H47ClN2O4S. The predicted molar refractivity (Wildman–Crippen MR) is 181 cm³/mol. The van der Waals surface area contributed by atoms with Gasteiger partial charge in [0.05, 0.1) is 28.1 Å². The molecule has 2 N–H and O–H groups in total. The lowest BCUT2D eigenvalue weighted by Gasteiger charge is -2.45. The van der Waals surface area contributed by atoms with Gasteiger partial charge in [-0.25, -0.2) is 4.21 Å². The molecule has 8 heteroatoms. The monoisotopic (exact) mass is 638 g/mol. The number of hydrogen-bond donors (Lipinski definition) is 2. The van der Waals surface area contributed by atoms with Gasteiger partial charge in [0.2, 0.25) is 0 Å². The van der Waals surface area contributed by atoms with Crippen molar-refractivity contribution < 1.29 is 18.8 Å². The molecule has 1 saturated carbocycles. The van der Waals surface area contributed by atoms with Crippen molar-refractivity contribution in [3.8, 4) is 5.75 Å². The molecule has 6 nitrogen and oxygen atoms in total. The van der Waals surface area contributed by atoms with Gasteiger partial charge in [0.1, 0.15) is 5.75 Å². The fraction of sp³-hybridized carbons (Fsp3) is 0.556. The number of aryl methyl sites for hydroxylation is 1. The number of carbonyl (C=O) groups excluding carboxylic acids is 1. The van der Waals surface area contributed by atoms with Crippen LogP contribution in [0.3, 0.4) is 0 Å². The van der Waals surface area contributed by atoms with E-state index >= 15 is 0 Å². The summed E-state index contributed by atoms with van der Waals surface area (Å²) >= 11 is 6.42. The van der Waals surface area contributed by atoms with Crippen LogP contribution in [0.25, 0.3) is 0 Å². The summed E-state index contributed by atoms with van der Waals surface area (Å²) < 4.78 is 23.6. The number of benzene rings is 2. The lowest BCUT2D eigenvalue weighted by atomic mass is 9.68. The molecule has 6 rings (SSSR count). The molecule has 238 valence electrons. The van der Waals surface area contributed by atoms with E-state index in [0.29, 0.717) is 36.8 Å². The van der Waals surface area contributed by atoms with Gasteiger partial charge in [-0.2, -0.15) is 0 Å². The van der Waals surface area contributed by atoms with Crippen LogP contribution in [0.15, 0.2) is 48.6 Å². The molecule has 1 amide bonds. The van der Waals surface area contributed by atoms with E-state index in [1.54, 1.807) is 6.07 Å². The summed E-state index contributed by atoms with van der Waals surface area (Å²) in [5, 5.41) is 11.8. The average molecular weight is 639 g/mol. The predicted octanol–water partition coefficient (Wildman–Crippen LogP) is 6.57. The van der Waals surface area contributed by atoms with Crippen LogP contribution in [0.1, 0.15) is 80.8 Å². The van der Waals surface area contributed by atoms with E-state index in [2.05, 4.69) is 48.4 Å². The van der Waals surface area contributed by atoms with Gasteiger partial charge in [-0.3, -0.25) is 9.52 Å². The molecule has 0 radical (unpaired) electrons. The van der Waals surface area contributed by atoms with Gasteiger partial charge in [-0.05, 0) is 116 Å². The molecule has 2 bridgehead atoms. The Morgan fingerprint density at radius 1 is 1.23 bits per heavy atom. The molecule has 2 aliphatic carbocycles. The summed E-state index contributed by atoms with van der Waals surface area (Å²) in [6, 6.07) is 11.8. The lowest BCUT2D eigenvalue weighted by molar-refractivity contribution is 0.0455. The summed E-state index contributed by atoms with van der Waals surface area (Å²) in [5.41, 5.74) is 3.68. The number of anilines is 1. The van der Waals surface area contributed by atoms with Crippen molar-refractivity contribution in [3.63, 3.8) is 0 Å². The summed E-state index contributed by atoms with van der Waals surface area (Å²) in [7, 11) is -2.97. The molecule has 2 aromatic rings. The van der Waals surface area contributed by atoms with Crippen molar-refractivity contribution in [1.82, 2.24) is 4.72 Å². The normalized spacial score (nSPS) is 34.6. The molecule has 2 aromatic carbocycles. The molecule has 2 aliphatic heterocycles. The first-order chi connectivity index (χ1) is 21.0. The molecule has 1 fully saturated rings. The Bertz CT molecular complexity index is 1540. The highest BCUT2D eigenvalue weighted by molar-refractivity contribution is 7.99. The van der Waals surface area contributed by atoms with Gasteiger partial charge in [0.15, 0.2) is 0 Å². The van der Waals surface area contributed by atoms with E-state index in [4.69, 9.17) is 16.3 Å². The average Bonchev–Trinajstić information content (AvgIpc) is 3.10. The summed E-state index contributed by atoms with van der Waals surface area (Å²) in [4.78, 5) is 16.1. The Morgan fingerprint density at radius 3 is 2.80 bits per heavy atom. The zero-order valence-corrected chi connectivity index (χ0v) is 27.8. The van der Waals surface area contributed by atoms with Crippen molar-refractivity contribution >= 4 is 38.8 Å². The molecule has 4 aliphatic rings. The third kappa shape index (κ3) is 6.17.